The smallest absolute Gasteiger partial charge is 0.161 e. The zero-order chi connectivity index (χ0) is 11.0. The third-order valence-electron chi connectivity index (χ3n) is 3.52. The Kier molecular flexibility index (Phi) is 2.40. The van der Waals surface area contributed by atoms with Crippen molar-refractivity contribution in [2.75, 3.05) is 7.11 Å². The van der Waals surface area contributed by atoms with Crippen LogP contribution in [0.2, 0.25) is 0 Å². The molecule has 1 saturated carbocycles. The first-order chi connectivity index (χ1) is 7.90. The van der Waals surface area contributed by atoms with E-state index in [9.17, 15) is 0 Å². The zero-order valence-corrected chi connectivity index (χ0v) is 9.30. The number of hydrogen-bond acceptors (Lipinski definition) is 3. The maximum atomic E-state index is 5.51. The second kappa shape index (κ2) is 3.91. The van der Waals surface area contributed by atoms with Crippen LogP contribution >= 0.6 is 0 Å². The van der Waals surface area contributed by atoms with Gasteiger partial charge in [-0.2, -0.15) is 0 Å². The monoisotopic (exact) mass is 217 g/mol. The molecule has 2 aliphatic rings. The molecule has 16 heavy (non-hydrogen) atoms. The quantitative estimate of drug-likeness (QED) is 0.760. The number of benzene rings is 1. The van der Waals surface area contributed by atoms with E-state index >= 15 is 0 Å². The van der Waals surface area contributed by atoms with Gasteiger partial charge in [0.1, 0.15) is 0 Å². The molecule has 0 unspecified atom stereocenters. The predicted molar refractivity (Wildman–Crippen MR) is 61.4 cm³/mol. The largest absolute Gasteiger partial charge is 0.389 e. The summed E-state index contributed by atoms with van der Waals surface area (Å²) in [5, 5.41) is 4.23. The van der Waals surface area contributed by atoms with E-state index in [2.05, 4.69) is 17.3 Å². The molecule has 0 radical (unpaired) electrons. The van der Waals surface area contributed by atoms with Gasteiger partial charge in [-0.1, -0.05) is 35.5 Å². The first-order valence-corrected chi connectivity index (χ1v) is 5.72. The van der Waals surface area contributed by atoms with E-state index in [0.29, 0.717) is 5.92 Å². The molecule has 3 heteroatoms. The maximum Gasteiger partial charge on any atom is 0.161 e. The molecule has 3 nitrogen and oxygen atoms in total. The van der Waals surface area contributed by atoms with Crippen LogP contribution in [0.25, 0.3) is 0 Å². The van der Waals surface area contributed by atoms with E-state index in [0.717, 1.165) is 18.6 Å². The van der Waals surface area contributed by atoms with Crippen LogP contribution in [-0.2, 0) is 9.57 Å². The summed E-state index contributed by atoms with van der Waals surface area (Å²) in [6, 6.07) is 10.3. The summed E-state index contributed by atoms with van der Waals surface area (Å²) < 4.78 is 5.41. The molecule has 1 heterocycles. The molecule has 0 aromatic heterocycles. The van der Waals surface area contributed by atoms with E-state index in [1.165, 1.54) is 5.56 Å². The topological polar surface area (TPSA) is 30.8 Å². The molecule has 0 bridgehead atoms. The fourth-order valence-electron chi connectivity index (χ4n) is 2.68. The average molecular weight is 217 g/mol. The molecule has 1 aromatic rings. The lowest BCUT2D eigenvalue weighted by molar-refractivity contribution is -0.0318. The Hall–Kier alpha value is -1.35. The van der Waals surface area contributed by atoms with Crippen molar-refractivity contribution in [2.45, 2.75) is 25.0 Å². The van der Waals surface area contributed by atoms with Gasteiger partial charge in [0.2, 0.25) is 0 Å². The predicted octanol–water partition coefficient (Wildman–Crippen LogP) is 2.21. The molecule has 3 rings (SSSR count). The van der Waals surface area contributed by atoms with Crippen LogP contribution < -0.4 is 0 Å². The van der Waals surface area contributed by atoms with Crippen molar-refractivity contribution in [3.8, 4) is 0 Å². The Morgan fingerprint density at radius 1 is 1.25 bits per heavy atom. The highest BCUT2D eigenvalue weighted by atomic mass is 16.7. The maximum absolute atomic E-state index is 5.51. The van der Waals surface area contributed by atoms with Crippen molar-refractivity contribution in [1.29, 1.82) is 0 Å². The Morgan fingerprint density at radius 3 is 2.81 bits per heavy atom. The number of oxime groups is 1. The molecule has 0 amide bonds. The molecular formula is C13H15NO2. The lowest BCUT2D eigenvalue weighted by Gasteiger charge is -2.14. The molecule has 1 aromatic carbocycles. The van der Waals surface area contributed by atoms with E-state index in [1.807, 2.05) is 18.2 Å². The number of hydrogen-bond donors (Lipinski definition) is 0. The first-order valence-electron chi connectivity index (χ1n) is 5.72. The van der Waals surface area contributed by atoms with Crippen molar-refractivity contribution in [3.05, 3.63) is 35.9 Å². The number of nitrogens with zero attached hydrogens (tertiary/aromatic N) is 1. The van der Waals surface area contributed by atoms with Gasteiger partial charge in [-0.15, -0.1) is 0 Å². The molecular weight excluding hydrogens is 202 g/mol. The van der Waals surface area contributed by atoms with Gasteiger partial charge in [0.15, 0.2) is 6.10 Å². The fourth-order valence-corrected chi connectivity index (χ4v) is 2.68. The molecule has 84 valence electrons. The highest BCUT2D eigenvalue weighted by Crippen LogP contribution is 2.37. The van der Waals surface area contributed by atoms with Gasteiger partial charge < -0.3 is 9.57 Å². The lowest BCUT2D eigenvalue weighted by Crippen LogP contribution is -2.27. The van der Waals surface area contributed by atoms with Gasteiger partial charge in [-0.05, 0) is 18.4 Å². The molecule has 0 N–H and O–H groups in total. The number of methoxy groups -OCH3 is 1. The van der Waals surface area contributed by atoms with Gasteiger partial charge in [0.25, 0.3) is 0 Å². The number of rotatable bonds is 2. The summed E-state index contributed by atoms with van der Waals surface area (Å²) >= 11 is 0. The molecule has 1 fully saturated rings. The molecule has 0 spiro atoms. The molecule has 1 aliphatic carbocycles. The van der Waals surface area contributed by atoms with Gasteiger partial charge in [-0.25, -0.2) is 0 Å². The Balaban J connectivity index is 1.85. The normalized spacial score (nSPS) is 32.1. The molecule has 3 atom stereocenters. The summed E-state index contributed by atoms with van der Waals surface area (Å²) in [5.74, 6) is 0.410. The Morgan fingerprint density at radius 2 is 2.06 bits per heavy atom. The van der Waals surface area contributed by atoms with Gasteiger partial charge >= 0.3 is 0 Å². The lowest BCUT2D eigenvalue weighted by atomic mass is 9.94. The highest BCUT2D eigenvalue weighted by molar-refractivity contribution is 6.03. The zero-order valence-electron chi connectivity index (χ0n) is 9.30. The Labute approximate surface area is 95.1 Å². The van der Waals surface area contributed by atoms with Crippen molar-refractivity contribution in [2.24, 2.45) is 11.1 Å². The van der Waals surface area contributed by atoms with Crippen LogP contribution in [0.4, 0.5) is 0 Å². The number of fused-ring (bicyclic) bond motifs is 1. The first kappa shape index (κ1) is 9.85. The van der Waals surface area contributed by atoms with Gasteiger partial charge in [0, 0.05) is 13.0 Å². The molecule has 0 saturated heterocycles. The third kappa shape index (κ3) is 1.43. The molecule has 1 aliphatic heterocycles. The minimum Gasteiger partial charge on any atom is -0.389 e. The van der Waals surface area contributed by atoms with Gasteiger partial charge in [0.05, 0.1) is 11.8 Å². The summed E-state index contributed by atoms with van der Waals surface area (Å²) in [5.41, 5.74) is 2.26. The summed E-state index contributed by atoms with van der Waals surface area (Å²) in [6.07, 6.45) is 2.50. The van der Waals surface area contributed by atoms with E-state index in [-0.39, 0.29) is 12.2 Å². The minimum atomic E-state index is 0.125. The summed E-state index contributed by atoms with van der Waals surface area (Å²) in [4.78, 5) is 5.51. The summed E-state index contributed by atoms with van der Waals surface area (Å²) in [7, 11) is 1.75. The number of ether oxygens (including phenoxy) is 1. The van der Waals surface area contributed by atoms with Crippen LogP contribution in [0.3, 0.4) is 0 Å². The Bertz CT molecular complexity index is 402. The van der Waals surface area contributed by atoms with Crippen LogP contribution in [0.1, 0.15) is 18.4 Å². The second-order valence-corrected chi connectivity index (χ2v) is 4.37. The van der Waals surface area contributed by atoms with Gasteiger partial charge in [-0.3, -0.25) is 0 Å². The minimum absolute atomic E-state index is 0.125. The summed E-state index contributed by atoms with van der Waals surface area (Å²) in [6.45, 7) is 0. The third-order valence-corrected chi connectivity index (χ3v) is 3.52. The fraction of sp³-hybridized carbons (Fsp3) is 0.462. The van der Waals surface area contributed by atoms with Crippen LogP contribution in [0.5, 0.6) is 0 Å². The van der Waals surface area contributed by atoms with E-state index < -0.39 is 0 Å². The van der Waals surface area contributed by atoms with E-state index in [4.69, 9.17) is 9.57 Å². The SMILES string of the molecule is CO[C@@H]1CC[C@@H]2C(c3ccccc3)=NO[C@@H]21. The van der Waals surface area contributed by atoms with Crippen molar-refractivity contribution < 1.29 is 9.57 Å². The second-order valence-electron chi connectivity index (χ2n) is 4.37. The van der Waals surface area contributed by atoms with E-state index in [1.54, 1.807) is 7.11 Å². The van der Waals surface area contributed by atoms with Crippen LogP contribution in [-0.4, -0.2) is 25.0 Å². The average Bonchev–Trinajstić information content (AvgIpc) is 2.90. The van der Waals surface area contributed by atoms with Crippen molar-refractivity contribution >= 4 is 5.71 Å². The van der Waals surface area contributed by atoms with Crippen molar-refractivity contribution in [3.63, 3.8) is 0 Å². The van der Waals surface area contributed by atoms with Crippen LogP contribution in [0, 0.1) is 5.92 Å². The standard InChI is InChI=1S/C13H15NO2/c1-15-11-8-7-10-12(14-16-13(10)11)9-5-3-2-4-6-9/h2-6,10-11,13H,7-8H2,1H3/t10-,11-,13+/m1/s1. The van der Waals surface area contributed by atoms with Crippen molar-refractivity contribution in [1.82, 2.24) is 0 Å². The highest BCUT2D eigenvalue weighted by Gasteiger charge is 2.45. The van der Waals surface area contributed by atoms with Crippen LogP contribution in [0.15, 0.2) is 35.5 Å².